The lowest BCUT2D eigenvalue weighted by Crippen LogP contribution is -2.06. The molecule has 0 aliphatic rings. The quantitative estimate of drug-likeness (QED) is 0.885. The third-order valence-electron chi connectivity index (χ3n) is 2.34. The van der Waals surface area contributed by atoms with Gasteiger partial charge in [-0.25, -0.2) is 13.6 Å². The number of hydrogen-bond donors (Lipinski definition) is 2. The third kappa shape index (κ3) is 3.21. The summed E-state index contributed by atoms with van der Waals surface area (Å²) >= 11 is 0. The lowest BCUT2D eigenvalue weighted by atomic mass is 10.2. The summed E-state index contributed by atoms with van der Waals surface area (Å²) in [4.78, 5) is 10.6. The number of aromatic carboxylic acids is 1. The second-order valence-electron chi connectivity index (χ2n) is 3.71. The second kappa shape index (κ2) is 5.38. The lowest BCUT2D eigenvalue weighted by molar-refractivity contribution is 0.0689. The minimum Gasteiger partial charge on any atom is -0.476 e. The first-order valence-electron chi connectivity index (χ1n) is 5.31. The van der Waals surface area contributed by atoms with Gasteiger partial charge in [-0.05, 0) is 29.8 Å². The molecule has 0 amide bonds. The zero-order chi connectivity index (χ0) is 13.8. The predicted molar refractivity (Wildman–Crippen MR) is 62.7 cm³/mol. The van der Waals surface area contributed by atoms with E-state index in [1.54, 1.807) is 0 Å². The van der Waals surface area contributed by atoms with Crippen molar-refractivity contribution in [2.45, 2.75) is 6.54 Å². The maximum absolute atomic E-state index is 13.0. The third-order valence-corrected chi connectivity index (χ3v) is 2.34. The van der Waals surface area contributed by atoms with Crippen LogP contribution in [0.15, 0.2) is 30.3 Å². The van der Waals surface area contributed by atoms with E-state index in [9.17, 15) is 13.6 Å². The van der Waals surface area contributed by atoms with Crippen LogP contribution in [-0.4, -0.2) is 21.3 Å². The Labute approximate surface area is 106 Å². The molecule has 0 saturated heterocycles. The zero-order valence-electron chi connectivity index (χ0n) is 9.60. The second-order valence-corrected chi connectivity index (χ2v) is 3.71. The highest BCUT2D eigenvalue weighted by atomic mass is 19.2. The van der Waals surface area contributed by atoms with Gasteiger partial charge in [0.15, 0.2) is 17.3 Å². The fourth-order valence-corrected chi connectivity index (χ4v) is 1.38. The number of carbonyl (C=O) groups is 1. The van der Waals surface area contributed by atoms with E-state index in [2.05, 4.69) is 15.5 Å². The van der Waals surface area contributed by atoms with E-state index in [1.807, 2.05) is 0 Å². The largest absolute Gasteiger partial charge is 0.476 e. The van der Waals surface area contributed by atoms with E-state index in [0.29, 0.717) is 11.4 Å². The molecule has 0 bridgehead atoms. The van der Waals surface area contributed by atoms with Crippen molar-refractivity contribution >= 4 is 11.8 Å². The van der Waals surface area contributed by atoms with Crippen molar-refractivity contribution in [2.75, 3.05) is 5.32 Å². The number of benzene rings is 1. The maximum atomic E-state index is 13.0. The molecule has 2 aromatic rings. The summed E-state index contributed by atoms with van der Waals surface area (Å²) in [6.45, 7) is 0.221. The van der Waals surface area contributed by atoms with E-state index in [0.717, 1.165) is 12.1 Å². The number of halogens is 2. The van der Waals surface area contributed by atoms with Crippen LogP contribution in [0.3, 0.4) is 0 Å². The molecule has 1 aromatic carbocycles. The van der Waals surface area contributed by atoms with Crippen LogP contribution in [0.5, 0.6) is 0 Å². The number of anilines is 1. The van der Waals surface area contributed by atoms with Gasteiger partial charge < -0.3 is 10.4 Å². The first-order valence-corrected chi connectivity index (χ1v) is 5.31. The fourth-order valence-electron chi connectivity index (χ4n) is 1.38. The van der Waals surface area contributed by atoms with Gasteiger partial charge in [0.05, 0.1) is 0 Å². The van der Waals surface area contributed by atoms with Gasteiger partial charge in [0.1, 0.15) is 5.82 Å². The van der Waals surface area contributed by atoms with Gasteiger partial charge in [-0.1, -0.05) is 6.07 Å². The number of carboxylic acids is 1. The fraction of sp³-hybridized carbons (Fsp3) is 0.0833. The van der Waals surface area contributed by atoms with Crippen molar-refractivity contribution in [3.8, 4) is 0 Å². The summed E-state index contributed by atoms with van der Waals surface area (Å²) in [5.74, 6) is -2.66. The SMILES string of the molecule is O=C(O)c1ccc(NCc2ccc(F)c(F)c2)nn1. The smallest absolute Gasteiger partial charge is 0.356 e. The van der Waals surface area contributed by atoms with Crippen LogP contribution in [0.4, 0.5) is 14.6 Å². The molecular weight excluding hydrogens is 256 g/mol. The van der Waals surface area contributed by atoms with Crippen LogP contribution >= 0.6 is 0 Å². The molecule has 1 aromatic heterocycles. The van der Waals surface area contributed by atoms with Crippen molar-refractivity contribution in [3.05, 3.63) is 53.2 Å². The number of rotatable bonds is 4. The summed E-state index contributed by atoms with van der Waals surface area (Å²) in [6.07, 6.45) is 0. The number of carboxylic acid groups (broad SMARTS) is 1. The first kappa shape index (κ1) is 12.9. The van der Waals surface area contributed by atoms with Crippen LogP contribution in [0.1, 0.15) is 16.1 Å². The Balaban J connectivity index is 2.01. The zero-order valence-corrected chi connectivity index (χ0v) is 9.60. The van der Waals surface area contributed by atoms with Gasteiger partial charge in [-0.3, -0.25) is 0 Å². The first-order chi connectivity index (χ1) is 9.06. The summed E-state index contributed by atoms with van der Waals surface area (Å²) in [6, 6.07) is 6.27. The highest BCUT2D eigenvalue weighted by molar-refractivity contribution is 5.85. The van der Waals surface area contributed by atoms with Crippen LogP contribution < -0.4 is 5.32 Å². The summed E-state index contributed by atoms with van der Waals surface area (Å²) in [5, 5.41) is 18.6. The molecule has 0 radical (unpaired) electrons. The van der Waals surface area contributed by atoms with Crippen LogP contribution in [0, 0.1) is 11.6 Å². The molecule has 1 heterocycles. The molecule has 98 valence electrons. The Morgan fingerprint density at radius 3 is 2.53 bits per heavy atom. The molecule has 2 rings (SSSR count). The van der Waals surface area contributed by atoms with E-state index in [4.69, 9.17) is 5.11 Å². The molecule has 0 aliphatic carbocycles. The molecule has 0 atom stereocenters. The van der Waals surface area contributed by atoms with Crippen molar-refractivity contribution in [2.24, 2.45) is 0 Å². The number of aromatic nitrogens is 2. The molecule has 5 nitrogen and oxygen atoms in total. The highest BCUT2D eigenvalue weighted by Crippen LogP contribution is 2.10. The minimum absolute atomic E-state index is 0.168. The monoisotopic (exact) mass is 265 g/mol. The maximum Gasteiger partial charge on any atom is 0.356 e. The Morgan fingerprint density at radius 1 is 1.16 bits per heavy atom. The highest BCUT2D eigenvalue weighted by Gasteiger charge is 2.06. The average Bonchev–Trinajstić information content (AvgIpc) is 2.40. The Morgan fingerprint density at radius 2 is 1.95 bits per heavy atom. The summed E-state index contributed by atoms with van der Waals surface area (Å²) < 4.78 is 25.7. The van der Waals surface area contributed by atoms with Crippen molar-refractivity contribution in [1.82, 2.24) is 10.2 Å². The number of nitrogens with zero attached hydrogens (tertiary/aromatic N) is 2. The Hall–Kier alpha value is -2.57. The van der Waals surface area contributed by atoms with Crippen molar-refractivity contribution < 1.29 is 18.7 Å². The molecule has 0 aliphatic heterocycles. The molecule has 0 fully saturated rings. The minimum atomic E-state index is -1.17. The molecular formula is C12H9F2N3O2. The topological polar surface area (TPSA) is 75.1 Å². The molecule has 7 heteroatoms. The van der Waals surface area contributed by atoms with Gasteiger partial charge in [-0.15, -0.1) is 10.2 Å². The van der Waals surface area contributed by atoms with Gasteiger partial charge in [0.2, 0.25) is 0 Å². The Kier molecular flexibility index (Phi) is 3.65. The number of nitrogens with one attached hydrogen (secondary N) is 1. The summed E-state index contributed by atoms with van der Waals surface area (Å²) in [7, 11) is 0. The standard InChI is InChI=1S/C12H9F2N3O2/c13-8-2-1-7(5-9(8)14)6-15-11-4-3-10(12(18)19)16-17-11/h1-5H,6H2,(H,15,17)(H,18,19). The number of hydrogen-bond acceptors (Lipinski definition) is 4. The van der Waals surface area contributed by atoms with Crippen LogP contribution in [0.25, 0.3) is 0 Å². The van der Waals surface area contributed by atoms with Gasteiger partial charge >= 0.3 is 5.97 Å². The molecule has 19 heavy (non-hydrogen) atoms. The molecule has 2 N–H and O–H groups in total. The average molecular weight is 265 g/mol. The summed E-state index contributed by atoms with van der Waals surface area (Å²) in [5.41, 5.74) is 0.362. The molecule has 0 unspecified atom stereocenters. The lowest BCUT2D eigenvalue weighted by Gasteiger charge is -2.05. The van der Waals surface area contributed by atoms with Gasteiger partial charge in [0.25, 0.3) is 0 Å². The Bertz CT molecular complexity index is 602. The van der Waals surface area contributed by atoms with E-state index < -0.39 is 17.6 Å². The van der Waals surface area contributed by atoms with Gasteiger partial charge in [0, 0.05) is 6.54 Å². The predicted octanol–water partition coefficient (Wildman–Crippen LogP) is 2.07. The normalized spacial score (nSPS) is 10.2. The van der Waals surface area contributed by atoms with E-state index >= 15 is 0 Å². The van der Waals surface area contributed by atoms with E-state index in [-0.39, 0.29) is 12.2 Å². The van der Waals surface area contributed by atoms with Crippen molar-refractivity contribution in [1.29, 1.82) is 0 Å². The van der Waals surface area contributed by atoms with Gasteiger partial charge in [-0.2, -0.15) is 0 Å². The van der Waals surface area contributed by atoms with Crippen molar-refractivity contribution in [3.63, 3.8) is 0 Å². The van der Waals surface area contributed by atoms with E-state index in [1.165, 1.54) is 18.2 Å². The molecule has 0 saturated carbocycles. The van der Waals surface area contributed by atoms with Crippen LogP contribution in [0.2, 0.25) is 0 Å². The van der Waals surface area contributed by atoms with Crippen LogP contribution in [-0.2, 0) is 6.54 Å². The molecule has 0 spiro atoms.